The molecule has 1 amide bonds. The number of aromatic nitrogens is 1. The Bertz CT molecular complexity index is 1290. The highest BCUT2D eigenvalue weighted by molar-refractivity contribution is 7.14. The van der Waals surface area contributed by atoms with E-state index in [1.54, 1.807) is 23.6 Å². The summed E-state index contributed by atoms with van der Waals surface area (Å²) in [6, 6.07) is 7.55. The molecule has 11 heteroatoms. The van der Waals surface area contributed by atoms with Crippen molar-refractivity contribution in [3.05, 3.63) is 68.5 Å². The predicted molar refractivity (Wildman–Crippen MR) is 144 cm³/mol. The number of anilines is 1. The summed E-state index contributed by atoms with van der Waals surface area (Å²) in [5.74, 6) is -2.56. The van der Waals surface area contributed by atoms with Gasteiger partial charge in [0.2, 0.25) is 5.76 Å². The van der Waals surface area contributed by atoms with Gasteiger partial charge in [-0.1, -0.05) is 55.5 Å². The van der Waals surface area contributed by atoms with Crippen molar-refractivity contribution in [3.63, 3.8) is 0 Å². The monoisotopic (exact) mass is 566 g/mol. The third-order valence-corrected chi connectivity index (χ3v) is 6.65. The first-order valence-electron chi connectivity index (χ1n) is 11.4. The number of ether oxygens (including phenoxy) is 2. The fraction of sp³-hybridized carbons (Fsp3) is 0.269. The van der Waals surface area contributed by atoms with E-state index >= 15 is 4.39 Å². The van der Waals surface area contributed by atoms with Crippen LogP contribution in [0.1, 0.15) is 48.5 Å². The van der Waals surface area contributed by atoms with Crippen LogP contribution in [0.2, 0.25) is 10.0 Å². The zero-order valence-corrected chi connectivity index (χ0v) is 22.5. The molecule has 3 rings (SSSR count). The van der Waals surface area contributed by atoms with Crippen molar-refractivity contribution >= 4 is 57.6 Å². The molecular weight excluding hydrogens is 542 g/mol. The second-order valence-electron chi connectivity index (χ2n) is 7.89. The van der Waals surface area contributed by atoms with Gasteiger partial charge in [0.25, 0.3) is 5.91 Å². The number of nitrogens with one attached hydrogen (secondary N) is 1. The lowest BCUT2D eigenvalue weighted by Crippen LogP contribution is -2.12. The Morgan fingerprint density at radius 3 is 2.57 bits per heavy atom. The van der Waals surface area contributed by atoms with Crippen LogP contribution in [-0.2, 0) is 9.53 Å². The number of carbonyl (C=O) groups excluding carboxylic acids is 1. The van der Waals surface area contributed by atoms with Crippen molar-refractivity contribution in [2.24, 2.45) is 0 Å². The van der Waals surface area contributed by atoms with E-state index < -0.39 is 17.7 Å². The van der Waals surface area contributed by atoms with Crippen LogP contribution in [0.3, 0.4) is 0 Å². The predicted octanol–water partition coefficient (Wildman–Crippen LogP) is 7.54. The summed E-state index contributed by atoms with van der Waals surface area (Å²) in [7, 11) is 1.20. The molecule has 0 aliphatic rings. The summed E-state index contributed by atoms with van der Waals surface area (Å²) in [5.41, 5.74) is 0.936. The zero-order valence-electron chi connectivity index (χ0n) is 20.1. The van der Waals surface area contributed by atoms with E-state index in [2.05, 4.69) is 17.2 Å². The van der Waals surface area contributed by atoms with Gasteiger partial charge in [-0.15, -0.1) is 11.3 Å². The van der Waals surface area contributed by atoms with Crippen LogP contribution >= 0.6 is 34.5 Å². The normalized spacial score (nSPS) is 11.3. The maximum absolute atomic E-state index is 15.0. The van der Waals surface area contributed by atoms with E-state index in [0.717, 1.165) is 37.0 Å². The number of methoxy groups -OCH3 is 1. The molecule has 0 radical (unpaired) electrons. The van der Waals surface area contributed by atoms with Crippen molar-refractivity contribution in [3.8, 4) is 17.0 Å². The Balaban J connectivity index is 1.74. The van der Waals surface area contributed by atoms with Gasteiger partial charge in [0.15, 0.2) is 16.7 Å². The summed E-state index contributed by atoms with van der Waals surface area (Å²) < 4.78 is 25.4. The second-order valence-corrected chi connectivity index (χ2v) is 9.56. The van der Waals surface area contributed by atoms with E-state index in [0.29, 0.717) is 12.3 Å². The quantitative estimate of drug-likeness (QED) is 0.133. The van der Waals surface area contributed by atoms with Gasteiger partial charge in [-0.2, -0.15) is 0 Å². The molecule has 0 unspecified atom stereocenters. The van der Waals surface area contributed by atoms with E-state index in [1.807, 2.05) is 0 Å². The fourth-order valence-electron chi connectivity index (χ4n) is 3.35. The summed E-state index contributed by atoms with van der Waals surface area (Å²) in [6.07, 6.45) is 5.26. The third kappa shape index (κ3) is 7.44. The van der Waals surface area contributed by atoms with Crippen LogP contribution in [0, 0.1) is 5.82 Å². The number of carboxylic acids is 1. The van der Waals surface area contributed by atoms with Gasteiger partial charge in [0, 0.05) is 22.1 Å². The molecule has 0 saturated carbocycles. The van der Waals surface area contributed by atoms with Crippen LogP contribution in [0.25, 0.3) is 17.3 Å². The minimum absolute atomic E-state index is 0.0573. The number of halogens is 3. The lowest BCUT2D eigenvalue weighted by Gasteiger charge is -2.09. The minimum Gasteiger partial charge on any atom is -0.490 e. The van der Waals surface area contributed by atoms with Gasteiger partial charge >= 0.3 is 5.97 Å². The van der Waals surface area contributed by atoms with E-state index in [4.69, 9.17) is 37.8 Å². The molecule has 0 spiro atoms. The first-order valence-corrected chi connectivity index (χ1v) is 13.0. The smallest absolute Gasteiger partial charge is 0.371 e. The van der Waals surface area contributed by atoms with E-state index in [1.165, 1.54) is 25.3 Å². The van der Waals surface area contributed by atoms with Crippen molar-refractivity contribution in [1.82, 2.24) is 4.98 Å². The molecule has 0 bridgehead atoms. The Morgan fingerprint density at radius 2 is 1.92 bits per heavy atom. The molecule has 1 aromatic heterocycles. The second kappa shape index (κ2) is 13.4. The maximum atomic E-state index is 15.0. The number of benzene rings is 2. The van der Waals surface area contributed by atoms with E-state index in [9.17, 15) is 9.59 Å². The highest BCUT2D eigenvalue weighted by Gasteiger charge is 2.18. The highest BCUT2D eigenvalue weighted by atomic mass is 35.5. The van der Waals surface area contributed by atoms with Crippen LogP contribution in [0.5, 0.6) is 5.75 Å². The highest BCUT2D eigenvalue weighted by Crippen LogP contribution is 2.33. The molecular formula is C26H25Cl2FN2O5S. The first-order chi connectivity index (χ1) is 17.7. The molecule has 0 atom stereocenters. The Morgan fingerprint density at radius 1 is 1.19 bits per heavy atom. The molecule has 1 heterocycles. The minimum atomic E-state index is -1.29. The van der Waals surface area contributed by atoms with Gasteiger partial charge in [0.1, 0.15) is 0 Å². The van der Waals surface area contributed by atoms with Crippen LogP contribution in [-0.4, -0.2) is 35.7 Å². The molecule has 37 heavy (non-hydrogen) atoms. The van der Waals surface area contributed by atoms with Gasteiger partial charge in [0.05, 0.1) is 29.5 Å². The summed E-state index contributed by atoms with van der Waals surface area (Å²) in [4.78, 5) is 28.3. The van der Waals surface area contributed by atoms with Gasteiger partial charge in [-0.3, -0.25) is 10.1 Å². The summed E-state index contributed by atoms with van der Waals surface area (Å²) >= 11 is 13.6. The number of unbranched alkanes of at least 4 members (excludes halogenated alkanes) is 3. The number of carboxylic acid groups (broad SMARTS) is 1. The third-order valence-electron chi connectivity index (χ3n) is 5.27. The number of hydrogen-bond donors (Lipinski definition) is 2. The Hall–Kier alpha value is -3.14. The maximum Gasteiger partial charge on any atom is 0.371 e. The average molecular weight is 567 g/mol. The largest absolute Gasteiger partial charge is 0.490 e. The van der Waals surface area contributed by atoms with Crippen molar-refractivity contribution in [1.29, 1.82) is 0 Å². The molecule has 0 saturated heterocycles. The number of amides is 1. The number of rotatable bonds is 12. The summed E-state index contributed by atoms with van der Waals surface area (Å²) in [5, 5.41) is 13.8. The van der Waals surface area contributed by atoms with Crippen LogP contribution in [0.4, 0.5) is 9.52 Å². The fourth-order valence-corrected chi connectivity index (χ4v) is 4.65. The number of aliphatic carboxylic acids is 1. The Kier molecular flexibility index (Phi) is 10.3. The topological polar surface area (TPSA) is 97.8 Å². The number of hydrogen-bond acceptors (Lipinski definition) is 6. The molecule has 2 N–H and O–H groups in total. The molecule has 2 aromatic carbocycles. The molecule has 0 aliphatic carbocycles. The number of thiazole rings is 1. The lowest BCUT2D eigenvalue weighted by atomic mass is 10.1. The van der Waals surface area contributed by atoms with Gasteiger partial charge in [-0.25, -0.2) is 14.2 Å². The number of nitrogens with zero attached hydrogens (tertiary/aromatic N) is 1. The SMILES string of the molecule is CCCCCCOc1cccc(-c2csc(NC(=O)c3cc(Cl)c(C=C(OC)C(=O)O)c(Cl)c3)n2)c1F. The number of carbonyl (C=O) groups is 2. The zero-order chi connectivity index (χ0) is 26.9. The van der Waals surface area contributed by atoms with Crippen LogP contribution < -0.4 is 10.1 Å². The molecule has 3 aromatic rings. The first kappa shape index (κ1) is 28.4. The van der Waals surface area contributed by atoms with E-state index in [-0.39, 0.29) is 43.4 Å². The Labute approximate surface area is 227 Å². The van der Waals surface area contributed by atoms with Gasteiger partial charge < -0.3 is 14.6 Å². The standard InChI is InChI=1S/C26H25Cl2FN2O5S/c1-3-4-5-6-10-36-21-9-7-8-16(23(21)29)20-14-37-26(30-20)31-24(32)15-11-18(27)17(19(28)12-15)13-22(35-2)25(33)34/h7-9,11-14H,3-6,10H2,1-2H3,(H,33,34)(H,30,31,32). The lowest BCUT2D eigenvalue weighted by molar-refractivity contribution is -0.135. The van der Waals surface area contributed by atoms with Crippen molar-refractivity contribution in [2.45, 2.75) is 32.6 Å². The van der Waals surface area contributed by atoms with Crippen molar-refractivity contribution < 1.29 is 28.6 Å². The van der Waals surface area contributed by atoms with Crippen molar-refractivity contribution in [2.75, 3.05) is 19.0 Å². The average Bonchev–Trinajstić information content (AvgIpc) is 3.32. The molecule has 0 fully saturated rings. The van der Waals surface area contributed by atoms with Crippen LogP contribution in [0.15, 0.2) is 41.5 Å². The van der Waals surface area contributed by atoms with Gasteiger partial charge in [-0.05, 0) is 36.8 Å². The molecule has 196 valence electrons. The molecule has 0 aliphatic heterocycles. The summed E-state index contributed by atoms with van der Waals surface area (Å²) in [6.45, 7) is 2.55. The molecule has 7 nitrogen and oxygen atoms in total.